The molecule has 5 heterocycles. The molecule has 0 aromatic heterocycles. The number of rotatable bonds is 35. The Morgan fingerprint density at radius 2 is 0.863 bits per heavy atom. The van der Waals surface area contributed by atoms with Crippen LogP contribution >= 0.6 is 0 Å². The molecule has 5 rings (SSSR count). The number of nitrogens with zero attached hydrogens (tertiary/aromatic N) is 19. The van der Waals surface area contributed by atoms with Crippen LogP contribution in [-0.2, 0) is 52.7 Å². The maximum atomic E-state index is 11.8. The van der Waals surface area contributed by atoms with Gasteiger partial charge in [0.2, 0.25) is 23.6 Å². The normalized spacial score (nSPS) is 20.0. The van der Waals surface area contributed by atoms with Gasteiger partial charge in [0.15, 0.2) is 0 Å². The van der Waals surface area contributed by atoms with Crippen LogP contribution in [0.4, 0.5) is 4.79 Å². The van der Waals surface area contributed by atoms with Crippen molar-refractivity contribution >= 4 is 71.3 Å². The van der Waals surface area contributed by atoms with Gasteiger partial charge in [-0.05, 0) is 104 Å². The van der Waals surface area contributed by atoms with E-state index in [0.717, 1.165) is 44.9 Å². The lowest BCUT2D eigenvalue weighted by Gasteiger charge is -2.17. The molecule has 5 fully saturated rings. The smallest absolute Gasteiger partial charge is 0.322 e. The molecule has 12 atom stereocenters. The molecule has 0 spiro atoms. The van der Waals surface area contributed by atoms with Crippen molar-refractivity contribution in [2.24, 2.45) is 71.8 Å². The molecule has 6 amide bonds. The first-order chi connectivity index (χ1) is 48.3. The zero-order chi connectivity index (χ0) is 77.3. The average molecular weight is 1450 g/mol. The summed E-state index contributed by atoms with van der Waals surface area (Å²) in [6.45, 7) is 7.07. The summed E-state index contributed by atoms with van der Waals surface area (Å²) in [7, 11) is 0. The third-order valence-electron chi connectivity index (χ3n) is 16.0. The standard InChI is InChI=1S/C12H23NO3.C10H17N5O3.2C9H15N5O3.2C8H14N6O3/c1-2-3-7-10(14)8-5-4-6-9-11(13)12(15)16;11-8(10(17)18)1-2-9(16)15-4-3-7(6-15)5-13-14-12;10-7(9(16)17)3-8(15)14-2-1-6(5-14)4-12-13-11;10-7(9(16)17)1-2-8(15)14-4-3-6(5-14)12-13-11;9-5(8(16)17)3-12-7(15)6-1-4(2-11-6)13-14-10;9-6(7(15)16)3-11-8(17)14-2-1-5(4-14)12-13-10/h11H,2-9,13H2,1H3,(H,15,16);7-8H,1-6,11H2,(H,17,18);2*6-7H,1-5,10H2,(H,16,17);4-6,11H,1-3,9H2,(H,12,15)(H,16,17);5-6H,1-4,9H2,(H,11,17)(H,15,16)/t11-;7?,8-;2*6?,7-;4?,5-,6?;5?,6-/m000000/s1. The predicted octanol–water partition coefficient (Wildman–Crippen LogP) is 0.530. The summed E-state index contributed by atoms with van der Waals surface area (Å²) in [4.78, 5) is 152. The molecule has 0 aromatic rings. The first-order valence-corrected chi connectivity index (χ1v) is 32.7. The van der Waals surface area contributed by atoms with E-state index in [-0.39, 0.29) is 98.8 Å². The van der Waals surface area contributed by atoms with Gasteiger partial charge in [0, 0.05) is 135 Å². The fraction of sp³-hybridized carbons (Fsp3) is 0.786. The van der Waals surface area contributed by atoms with Crippen LogP contribution in [0.3, 0.4) is 0 Å². The van der Waals surface area contributed by atoms with Crippen LogP contribution in [0.15, 0.2) is 25.6 Å². The monoisotopic (exact) mass is 1450 g/mol. The van der Waals surface area contributed by atoms with Crippen LogP contribution < -0.4 is 50.4 Å². The third kappa shape index (κ3) is 40.8. The minimum Gasteiger partial charge on any atom is -0.480 e. The Morgan fingerprint density at radius 1 is 0.461 bits per heavy atom. The van der Waals surface area contributed by atoms with Gasteiger partial charge in [-0.2, -0.15) is 0 Å². The highest BCUT2D eigenvalue weighted by molar-refractivity contribution is 5.85. The van der Waals surface area contributed by atoms with E-state index in [1.54, 1.807) is 14.7 Å². The van der Waals surface area contributed by atoms with E-state index in [1.807, 2.05) is 0 Å². The minimum atomic E-state index is -1.18. The molecule has 0 radical (unpaired) electrons. The van der Waals surface area contributed by atoms with E-state index in [9.17, 15) is 57.5 Å². The summed E-state index contributed by atoms with van der Waals surface area (Å²) in [5.41, 5.74) is 72.9. The number of azide groups is 5. The van der Waals surface area contributed by atoms with Crippen molar-refractivity contribution in [1.82, 2.24) is 35.6 Å². The van der Waals surface area contributed by atoms with Crippen LogP contribution in [0, 0.1) is 11.8 Å². The highest BCUT2D eigenvalue weighted by atomic mass is 16.4. The number of nitrogens with one attached hydrogen (secondary N) is 3. The SMILES string of the molecule is CCCCC(=O)CCCCC[C@H](N)C(=O)O.[N-]=[N+]=NC1CCN(C(=O)CC[C@H](N)C(=O)O)C1.[N-]=[N+]=NC1CCN(C(=O)NC[C@H](N)C(=O)O)C1.[N-]=[N+]=NC1CNC(C(=O)NC[C@H](N)C(=O)O)C1.[N-]=[N+]=NCC1CCN(C(=O)CC[C@H](N)C(=O)O)C1.[N-]=[N+]=NCC1CCN(C(=O)C[C@H](N)C(=O)O)C1. The molecule has 102 heavy (non-hydrogen) atoms. The summed E-state index contributed by atoms with van der Waals surface area (Å²) in [6, 6.07) is -7.62. The van der Waals surface area contributed by atoms with Crippen LogP contribution in [0.1, 0.15) is 122 Å². The maximum absolute atomic E-state index is 11.8. The van der Waals surface area contributed by atoms with Gasteiger partial charge in [-0.1, -0.05) is 51.8 Å². The molecule has 6 unspecified atom stereocenters. The van der Waals surface area contributed by atoms with E-state index in [0.29, 0.717) is 116 Å². The molecule has 21 N–H and O–H groups in total. The van der Waals surface area contributed by atoms with Gasteiger partial charge in [0.25, 0.3) is 0 Å². The second kappa shape index (κ2) is 52.9. The van der Waals surface area contributed by atoms with Gasteiger partial charge in [-0.15, -0.1) is 0 Å². The molecule has 5 saturated heterocycles. The van der Waals surface area contributed by atoms with Gasteiger partial charge < -0.3 is 101 Å². The number of carboxylic acids is 6. The zero-order valence-electron chi connectivity index (χ0n) is 56.9. The Hall–Kier alpha value is -10.1. The highest BCUT2D eigenvalue weighted by Gasteiger charge is 2.32. The quantitative estimate of drug-likeness (QED) is 0.0178. The molecule has 0 aliphatic carbocycles. The number of Topliss-reactive ketones (excluding diaryl/α,β-unsaturated/α-hetero) is 1. The first kappa shape index (κ1) is 91.9. The number of nitrogens with two attached hydrogens (primary N) is 6. The lowest BCUT2D eigenvalue weighted by Crippen LogP contribution is -2.47. The van der Waals surface area contributed by atoms with E-state index in [4.69, 9.17) is 92.7 Å². The number of likely N-dealkylation sites (tertiary alicyclic amines) is 4. The van der Waals surface area contributed by atoms with Gasteiger partial charge in [0.05, 0.1) is 30.6 Å². The Labute approximate surface area is 585 Å². The largest absolute Gasteiger partial charge is 0.480 e. The number of urea groups is 1. The van der Waals surface area contributed by atoms with E-state index in [2.05, 4.69) is 73.0 Å². The van der Waals surface area contributed by atoms with Crippen molar-refractivity contribution < 1.29 is 88.2 Å². The lowest BCUT2D eigenvalue weighted by atomic mass is 10.0. The second-order valence-corrected chi connectivity index (χ2v) is 24.1. The van der Waals surface area contributed by atoms with Crippen molar-refractivity contribution in [3.05, 3.63) is 52.2 Å². The number of amides is 6. The number of hydrogen-bond donors (Lipinski definition) is 15. The number of carboxylic acid groups (broad SMARTS) is 6. The average Bonchev–Trinajstić information content (AvgIpc) is 1.79. The Bertz CT molecular complexity index is 2830. The second-order valence-electron chi connectivity index (χ2n) is 24.1. The summed E-state index contributed by atoms with van der Waals surface area (Å²) in [5.74, 6) is -6.79. The molecular formula is C56H98N28O18. The van der Waals surface area contributed by atoms with Gasteiger partial charge in [-0.25, -0.2) is 4.79 Å². The number of carbonyl (C=O) groups excluding carboxylic acids is 6. The molecule has 5 aliphatic rings. The van der Waals surface area contributed by atoms with Gasteiger partial charge in [0.1, 0.15) is 42.0 Å². The van der Waals surface area contributed by atoms with Crippen molar-refractivity contribution in [1.29, 1.82) is 0 Å². The Kier molecular flexibility index (Phi) is 47.6. The fourth-order valence-electron chi connectivity index (χ4n) is 9.86. The zero-order valence-corrected chi connectivity index (χ0v) is 56.9. The molecule has 46 heteroatoms. The van der Waals surface area contributed by atoms with Gasteiger partial charge in [-0.3, -0.25) is 52.7 Å². The van der Waals surface area contributed by atoms with Crippen LogP contribution in [-0.4, -0.2) is 267 Å². The number of unbranched alkanes of at least 4 members (excludes halogenated alkanes) is 3. The van der Waals surface area contributed by atoms with E-state index < -0.39 is 84.1 Å². The van der Waals surface area contributed by atoms with Crippen molar-refractivity contribution in [3.63, 3.8) is 0 Å². The minimum absolute atomic E-state index is 0.0878. The third-order valence-corrected chi connectivity index (χ3v) is 16.0. The van der Waals surface area contributed by atoms with E-state index in [1.165, 1.54) is 4.90 Å². The number of aliphatic carboxylic acids is 6. The molecule has 46 nitrogen and oxygen atoms in total. The molecule has 5 aliphatic heterocycles. The first-order valence-electron chi connectivity index (χ1n) is 32.7. The van der Waals surface area contributed by atoms with Crippen molar-refractivity contribution in [2.45, 2.75) is 183 Å². The summed E-state index contributed by atoms with van der Waals surface area (Å²) in [6.07, 6.45) is 9.95. The molecular weight excluding hydrogens is 1350 g/mol. The summed E-state index contributed by atoms with van der Waals surface area (Å²) < 4.78 is 0. The van der Waals surface area contributed by atoms with Gasteiger partial charge >= 0.3 is 41.8 Å². The fourth-order valence-corrected chi connectivity index (χ4v) is 9.86. The predicted molar refractivity (Wildman–Crippen MR) is 361 cm³/mol. The summed E-state index contributed by atoms with van der Waals surface area (Å²) in [5, 5.41) is 76.6. The lowest BCUT2D eigenvalue weighted by molar-refractivity contribution is -0.142. The topological polar surface area (TPSA) is 775 Å². The highest BCUT2D eigenvalue weighted by Crippen LogP contribution is 2.20. The molecule has 570 valence electrons. The van der Waals surface area contributed by atoms with E-state index >= 15 is 0 Å². The maximum Gasteiger partial charge on any atom is 0.322 e. The van der Waals surface area contributed by atoms with Crippen molar-refractivity contribution in [3.8, 4) is 0 Å². The Balaban J connectivity index is 0.00000120. The molecule has 0 aromatic carbocycles. The Morgan fingerprint density at radius 3 is 1.31 bits per heavy atom. The number of carbonyl (C=O) groups is 12. The summed E-state index contributed by atoms with van der Waals surface area (Å²) >= 11 is 0. The number of hydrogen-bond acceptors (Lipinski definition) is 24. The molecule has 0 saturated carbocycles. The molecule has 0 bridgehead atoms. The van der Waals surface area contributed by atoms with Crippen LogP contribution in [0.25, 0.3) is 52.2 Å². The van der Waals surface area contributed by atoms with Crippen LogP contribution in [0.5, 0.6) is 0 Å². The van der Waals surface area contributed by atoms with Crippen molar-refractivity contribution in [2.75, 3.05) is 85.1 Å². The van der Waals surface area contributed by atoms with Crippen LogP contribution in [0.2, 0.25) is 0 Å². The number of ketones is 1.